The third-order valence-corrected chi connectivity index (χ3v) is 6.85. The normalized spacial score (nSPS) is 22.0. The lowest BCUT2D eigenvalue weighted by Gasteiger charge is -2.19. The molecule has 1 aromatic carbocycles. The van der Waals surface area contributed by atoms with Crippen molar-refractivity contribution in [1.29, 1.82) is 0 Å². The number of nitro benzene ring substituents is 1. The van der Waals surface area contributed by atoms with Gasteiger partial charge in [0.05, 0.1) is 21.9 Å². The summed E-state index contributed by atoms with van der Waals surface area (Å²) in [6, 6.07) is 4.11. The number of aromatic nitrogens is 1. The fourth-order valence-corrected chi connectivity index (χ4v) is 5.20. The van der Waals surface area contributed by atoms with Gasteiger partial charge in [0.25, 0.3) is 11.2 Å². The molecule has 2 aliphatic rings. The second-order valence-corrected chi connectivity index (χ2v) is 8.77. The number of hydrogen-bond acceptors (Lipinski definition) is 6. The standard InChI is InChI=1S/C16H17N3O5S/c1-18-13-5-4-10(19(21)22)8-11(13)14-15(16(18)20)25(23,24)7-6-12(17-14)9-2-3-9/h4-5,8-9,12,17H,2-3,6-7H2,1H3/t12-/m1/s1. The van der Waals surface area contributed by atoms with Gasteiger partial charge >= 0.3 is 0 Å². The maximum atomic E-state index is 12.7. The minimum Gasteiger partial charge on any atom is -0.380 e. The zero-order valence-electron chi connectivity index (χ0n) is 13.6. The number of nitrogens with zero attached hydrogens (tertiary/aromatic N) is 2. The van der Waals surface area contributed by atoms with E-state index in [9.17, 15) is 23.3 Å². The fraction of sp³-hybridized carbons (Fsp3) is 0.438. The first-order valence-electron chi connectivity index (χ1n) is 8.10. The lowest BCUT2D eigenvalue weighted by atomic mass is 10.1. The molecule has 0 saturated heterocycles. The lowest BCUT2D eigenvalue weighted by molar-refractivity contribution is -0.384. The van der Waals surface area contributed by atoms with Crippen LogP contribution < -0.4 is 10.9 Å². The topological polar surface area (TPSA) is 111 Å². The predicted octanol–water partition coefficient (Wildman–Crippen LogP) is 1.81. The highest BCUT2D eigenvalue weighted by atomic mass is 32.2. The van der Waals surface area contributed by atoms with Crippen molar-refractivity contribution < 1.29 is 13.3 Å². The van der Waals surface area contributed by atoms with Crippen LogP contribution in [0.5, 0.6) is 0 Å². The first-order chi connectivity index (χ1) is 11.8. The molecule has 1 aliphatic carbocycles. The molecule has 0 spiro atoms. The summed E-state index contributed by atoms with van der Waals surface area (Å²) < 4.78 is 26.7. The van der Waals surface area contributed by atoms with Crippen molar-refractivity contribution in [3.8, 4) is 0 Å². The number of sulfone groups is 1. The van der Waals surface area contributed by atoms with Gasteiger partial charge in [-0.3, -0.25) is 14.9 Å². The molecule has 0 amide bonds. The number of hydrogen-bond donors (Lipinski definition) is 1. The molecule has 1 aromatic heterocycles. The highest BCUT2D eigenvalue weighted by Crippen LogP contribution is 2.40. The van der Waals surface area contributed by atoms with Crippen molar-refractivity contribution in [2.45, 2.75) is 30.2 Å². The molecular formula is C16H17N3O5S. The number of fused-ring (bicyclic) bond motifs is 3. The van der Waals surface area contributed by atoms with E-state index in [1.165, 1.54) is 29.8 Å². The molecule has 9 heteroatoms. The third kappa shape index (κ3) is 2.50. The van der Waals surface area contributed by atoms with Crippen molar-refractivity contribution in [1.82, 2.24) is 4.57 Å². The van der Waals surface area contributed by atoms with Gasteiger partial charge in [-0.2, -0.15) is 0 Å². The first-order valence-corrected chi connectivity index (χ1v) is 9.75. The Bertz CT molecular complexity index is 1070. The monoisotopic (exact) mass is 363 g/mol. The molecule has 0 radical (unpaired) electrons. The largest absolute Gasteiger partial charge is 0.380 e. The molecule has 0 bridgehead atoms. The Morgan fingerprint density at radius 2 is 2.00 bits per heavy atom. The third-order valence-electron chi connectivity index (χ3n) is 5.08. The molecular weight excluding hydrogens is 346 g/mol. The average Bonchev–Trinajstić information content (AvgIpc) is 3.39. The predicted molar refractivity (Wildman–Crippen MR) is 92.6 cm³/mol. The van der Waals surface area contributed by atoms with Gasteiger partial charge in [-0.1, -0.05) is 0 Å². The molecule has 1 aliphatic heterocycles. The van der Waals surface area contributed by atoms with Gasteiger partial charge in [-0.05, 0) is 31.2 Å². The van der Waals surface area contributed by atoms with E-state index >= 15 is 0 Å². The maximum absolute atomic E-state index is 12.7. The van der Waals surface area contributed by atoms with Crippen LogP contribution in [0.15, 0.2) is 27.9 Å². The zero-order valence-corrected chi connectivity index (χ0v) is 14.4. The number of rotatable bonds is 2. The summed E-state index contributed by atoms with van der Waals surface area (Å²) in [6.45, 7) is 0. The van der Waals surface area contributed by atoms with Crippen LogP contribution in [-0.2, 0) is 16.9 Å². The molecule has 0 unspecified atom stereocenters. The number of non-ortho nitro benzene ring substituents is 1. The molecule has 25 heavy (non-hydrogen) atoms. The van der Waals surface area contributed by atoms with Crippen molar-refractivity contribution >= 4 is 32.1 Å². The molecule has 1 fully saturated rings. The van der Waals surface area contributed by atoms with E-state index in [0.29, 0.717) is 23.2 Å². The molecule has 1 saturated carbocycles. The van der Waals surface area contributed by atoms with Gasteiger partial charge in [0.1, 0.15) is 0 Å². The Hall–Kier alpha value is -2.42. The van der Waals surface area contributed by atoms with Gasteiger partial charge in [-0.25, -0.2) is 8.42 Å². The number of benzene rings is 1. The van der Waals surface area contributed by atoms with Crippen molar-refractivity contribution in [2.24, 2.45) is 13.0 Å². The Morgan fingerprint density at radius 3 is 2.64 bits per heavy atom. The molecule has 1 N–H and O–H groups in total. The summed E-state index contributed by atoms with van der Waals surface area (Å²) >= 11 is 0. The Labute approximate surface area is 143 Å². The smallest absolute Gasteiger partial charge is 0.271 e. The summed E-state index contributed by atoms with van der Waals surface area (Å²) in [5, 5.41) is 14.8. The molecule has 1 atom stereocenters. The van der Waals surface area contributed by atoms with Gasteiger partial charge < -0.3 is 9.88 Å². The van der Waals surface area contributed by atoms with Crippen LogP contribution >= 0.6 is 0 Å². The van der Waals surface area contributed by atoms with E-state index in [2.05, 4.69) is 5.32 Å². The van der Waals surface area contributed by atoms with Crippen LogP contribution in [-0.4, -0.2) is 29.7 Å². The fourth-order valence-electron chi connectivity index (χ4n) is 3.55. The minimum absolute atomic E-state index is 0.0365. The number of pyridine rings is 1. The molecule has 2 aromatic rings. The molecule has 2 heterocycles. The van der Waals surface area contributed by atoms with Gasteiger partial charge in [0, 0.05) is 30.6 Å². The highest BCUT2D eigenvalue weighted by Gasteiger charge is 2.38. The number of nitro groups is 1. The second kappa shape index (κ2) is 5.29. The minimum atomic E-state index is -3.76. The highest BCUT2D eigenvalue weighted by molar-refractivity contribution is 7.91. The van der Waals surface area contributed by atoms with E-state index in [0.717, 1.165) is 12.8 Å². The number of nitrogens with one attached hydrogen (secondary N) is 1. The van der Waals surface area contributed by atoms with Crippen molar-refractivity contribution in [3.63, 3.8) is 0 Å². The molecule has 4 rings (SSSR count). The van der Waals surface area contributed by atoms with Gasteiger partial charge in [0.15, 0.2) is 14.7 Å². The van der Waals surface area contributed by atoms with Crippen LogP contribution in [0.2, 0.25) is 0 Å². The molecule has 8 nitrogen and oxygen atoms in total. The van der Waals surface area contributed by atoms with E-state index < -0.39 is 20.3 Å². The summed E-state index contributed by atoms with van der Waals surface area (Å²) in [7, 11) is -2.28. The van der Waals surface area contributed by atoms with Crippen LogP contribution in [0, 0.1) is 16.0 Å². The molecule has 132 valence electrons. The van der Waals surface area contributed by atoms with E-state index in [1.54, 1.807) is 0 Å². The summed E-state index contributed by atoms with van der Waals surface area (Å²) in [6.07, 6.45) is 2.48. The maximum Gasteiger partial charge on any atom is 0.271 e. The van der Waals surface area contributed by atoms with Crippen molar-refractivity contribution in [2.75, 3.05) is 11.1 Å². The summed E-state index contributed by atoms with van der Waals surface area (Å²) in [5.74, 6) is 0.295. The van der Waals surface area contributed by atoms with E-state index in [1.807, 2.05) is 0 Å². The first kappa shape index (κ1) is 16.1. The van der Waals surface area contributed by atoms with Crippen molar-refractivity contribution in [3.05, 3.63) is 38.7 Å². The number of anilines is 1. The summed E-state index contributed by atoms with van der Waals surface area (Å²) in [4.78, 5) is 23.1. The second-order valence-electron chi connectivity index (χ2n) is 6.72. The Morgan fingerprint density at radius 1 is 1.28 bits per heavy atom. The SMILES string of the molecule is Cn1c(=O)c2c(c3cc([N+](=O)[O-])ccc31)N[C@@H](C1CC1)CCS2(=O)=O. The Kier molecular flexibility index (Phi) is 3.40. The Balaban J connectivity index is 2.09. The lowest BCUT2D eigenvalue weighted by Crippen LogP contribution is -2.26. The average molecular weight is 363 g/mol. The number of aryl methyl sites for hydroxylation is 1. The van der Waals surface area contributed by atoms with E-state index in [4.69, 9.17) is 0 Å². The van der Waals surface area contributed by atoms with Crippen LogP contribution in [0.1, 0.15) is 19.3 Å². The van der Waals surface area contributed by atoms with Gasteiger partial charge in [-0.15, -0.1) is 0 Å². The summed E-state index contributed by atoms with van der Waals surface area (Å²) in [5.41, 5.74) is -0.0511. The van der Waals surface area contributed by atoms with Crippen LogP contribution in [0.25, 0.3) is 10.9 Å². The van der Waals surface area contributed by atoms with Crippen LogP contribution in [0.3, 0.4) is 0 Å². The van der Waals surface area contributed by atoms with Crippen LogP contribution in [0.4, 0.5) is 11.4 Å². The quantitative estimate of drug-likeness (QED) is 0.643. The van der Waals surface area contributed by atoms with E-state index in [-0.39, 0.29) is 28.1 Å². The zero-order chi connectivity index (χ0) is 17.9. The van der Waals surface area contributed by atoms with Gasteiger partial charge in [0.2, 0.25) is 0 Å².